The summed E-state index contributed by atoms with van der Waals surface area (Å²) in [6.45, 7) is 5.98. The summed E-state index contributed by atoms with van der Waals surface area (Å²) in [5.74, 6) is 0.184. The Morgan fingerprint density at radius 1 is 1.33 bits per heavy atom. The Labute approximate surface area is 106 Å². The van der Waals surface area contributed by atoms with Crippen LogP contribution in [0.1, 0.15) is 31.3 Å². The van der Waals surface area contributed by atoms with Crippen LogP contribution in [-0.2, 0) is 4.74 Å². The van der Waals surface area contributed by atoms with Gasteiger partial charge in [0.15, 0.2) is 11.4 Å². The van der Waals surface area contributed by atoms with Crippen molar-refractivity contribution in [1.82, 2.24) is 4.98 Å². The number of aromatic amines is 1. The number of rotatable bonds is 4. The summed E-state index contributed by atoms with van der Waals surface area (Å²) in [6.07, 6.45) is -0.00242. The number of ether oxygens (including phenoxy) is 2. The molecule has 0 amide bonds. The lowest BCUT2D eigenvalue weighted by Gasteiger charge is -2.10. The van der Waals surface area contributed by atoms with Crippen molar-refractivity contribution in [2.24, 2.45) is 0 Å². The van der Waals surface area contributed by atoms with Gasteiger partial charge in [-0.25, -0.2) is 4.79 Å². The van der Waals surface area contributed by atoms with Crippen LogP contribution >= 0.6 is 0 Å². The van der Waals surface area contributed by atoms with E-state index in [1.807, 2.05) is 38.1 Å². The zero-order valence-corrected chi connectivity index (χ0v) is 10.8. The predicted molar refractivity (Wildman–Crippen MR) is 70.0 cm³/mol. The van der Waals surface area contributed by atoms with E-state index in [9.17, 15) is 4.79 Å². The topological polar surface area (TPSA) is 51.3 Å². The monoisotopic (exact) mass is 247 g/mol. The summed E-state index contributed by atoms with van der Waals surface area (Å²) in [7, 11) is 0. The number of aromatic nitrogens is 1. The normalized spacial score (nSPS) is 10.9. The second-order valence-corrected chi connectivity index (χ2v) is 4.26. The molecule has 2 aromatic rings. The maximum absolute atomic E-state index is 11.9. The van der Waals surface area contributed by atoms with Gasteiger partial charge in [-0.2, -0.15) is 0 Å². The lowest BCUT2D eigenvalue weighted by atomic mass is 10.2. The molecule has 0 saturated heterocycles. The van der Waals surface area contributed by atoms with Crippen LogP contribution in [-0.4, -0.2) is 23.7 Å². The van der Waals surface area contributed by atoms with Gasteiger partial charge < -0.3 is 14.5 Å². The minimum absolute atomic E-state index is 0.00242. The van der Waals surface area contributed by atoms with E-state index in [-0.39, 0.29) is 12.1 Å². The van der Waals surface area contributed by atoms with Crippen molar-refractivity contribution in [1.29, 1.82) is 0 Å². The lowest BCUT2D eigenvalue weighted by molar-refractivity contribution is 0.0514. The molecule has 18 heavy (non-hydrogen) atoms. The van der Waals surface area contributed by atoms with Crippen LogP contribution in [0.2, 0.25) is 0 Å². The summed E-state index contributed by atoms with van der Waals surface area (Å²) < 4.78 is 10.8. The number of carbonyl (C=O) groups excluding carboxylic acids is 1. The minimum Gasteiger partial charge on any atom is -0.488 e. The average molecular weight is 247 g/mol. The third kappa shape index (κ3) is 2.32. The minimum atomic E-state index is -0.385. The molecular weight excluding hydrogens is 230 g/mol. The molecule has 0 spiro atoms. The van der Waals surface area contributed by atoms with Crippen LogP contribution in [0.5, 0.6) is 5.75 Å². The molecule has 0 atom stereocenters. The smallest absolute Gasteiger partial charge is 0.358 e. The first-order valence-corrected chi connectivity index (χ1v) is 6.08. The third-order valence-electron chi connectivity index (χ3n) is 2.49. The van der Waals surface area contributed by atoms with Crippen molar-refractivity contribution in [3.8, 4) is 5.75 Å². The fourth-order valence-electron chi connectivity index (χ4n) is 1.82. The van der Waals surface area contributed by atoms with Gasteiger partial charge in [0, 0.05) is 10.9 Å². The Hall–Kier alpha value is -1.97. The van der Waals surface area contributed by atoms with Crippen molar-refractivity contribution in [3.05, 3.63) is 30.0 Å². The molecule has 1 heterocycles. The summed E-state index contributed by atoms with van der Waals surface area (Å²) >= 11 is 0. The maximum Gasteiger partial charge on any atom is 0.358 e. The van der Waals surface area contributed by atoms with Crippen LogP contribution < -0.4 is 4.74 Å². The van der Waals surface area contributed by atoms with E-state index in [2.05, 4.69) is 4.98 Å². The number of hydrogen-bond donors (Lipinski definition) is 1. The molecule has 4 heteroatoms. The van der Waals surface area contributed by atoms with Crippen LogP contribution in [0.4, 0.5) is 0 Å². The Kier molecular flexibility index (Phi) is 3.55. The Bertz CT molecular complexity index is 557. The first-order chi connectivity index (χ1) is 8.63. The summed E-state index contributed by atoms with van der Waals surface area (Å²) in [5.41, 5.74) is 1.25. The number of nitrogens with one attached hydrogen (secondary N) is 1. The summed E-state index contributed by atoms with van der Waals surface area (Å²) in [6, 6.07) is 7.66. The van der Waals surface area contributed by atoms with Crippen LogP contribution in [0.25, 0.3) is 10.9 Å². The number of benzene rings is 1. The molecule has 1 N–H and O–H groups in total. The Balaban J connectivity index is 2.53. The zero-order chi connectivity index (χ0) is 13.1. The second-order valence-electron chi connectivity index (χ2n) is 4.26. The Morgan fingerprint density at radius 2 is 2.06 bits per heavy atom. The van der Waals surface area contributed by atoms with Gasteiger partial charge in [0.2, 0.25) is 0 Å². The van der Waals surface area contributed by atoms with E-state index in [1.165, 1.54) is 0 Å². The lowest BCUT2D eigenvalue weighted by Crippen LogP contribution is -2.11. The molecule has 0 aliphatic rings. The number of carbonyl (C=O) groups is 1. The average Bonchev–Trinajstić information content (AvgIpc) is 2.68. The first kappa shape index (κ1) is 12.5. The maximum atomic E-state index is 11.9. The summed E-state index contributed by atoms with van der Waals surface area (Å²) in [4.78, 5) is 14.9. The van der Waals surface area contributed by atoms with Gasteiger partial charge in [-0.3, -0.25) is 0 Å². The quantitative estimate of drug-likeness (QED) is 0.844. The van der Waals surface area contributed by atoms with E-state index in [1.54, 1.807) is 6.92 Å². The highest BCUT2D eigenvalue weighted by atomic mass is 16.5. The molecular formula is C14H17NO3. The highest BCUT2D eigenvalue weighted by molar-refractivity contribution is 6.00. The van der Waals surface area contributed by atoms with Gasteiger partial charge in [0.05, 0.1) is 12.7 Å². The fourth-order valence-corrected chi connectivity index (χ4v) is 1.82. The molecule has 2 rings (SSSR count). The summed E-state index contributed by atoms with van der Waals surface area (Å²) in [5, 5.41) is 0.897. The van der Waals surface area contributed by atoms with Gasteiger partial charge in [0.25, 0.3) is 0 Å². The van der Waals surface area contributed by atoms with Crippen LogP contribution in [0.3, 0.4) is 0 Å². The van der Waals surface area contributed by atoms with Crippen LogP contribution in [0, 0.1) is 0 Å². The standard InChI is InChI=1S/C14H17NO3/c1-4-17-14(16)12-13(18-9(2)3)10-7-5-6-8-11(10)15-12/h5-9,15H,4H2,1-3H3. The molecule has 1 aromatic carbocycles. The molecule has 4 nitrogen and oxygen atoms in total. The zero-order valence-electron chi connectivity index (χ0n) is 10.8. The number of esters is 1. The van der Waals surface area contributed by atoms with E-state index < -0.39 is 0 Å². The molecule has 0 radical (unpaired) electrons. The molecule has 96 valence electrons. The molecule has 0 aliphatic heterocycles. The van der Waals surface area contributed by atoms with E-state index in [0.717, 1.165) is 10.9 Å². The molecule has 0 saturated carbocycles. The molecule has 0 bridgehead atoms. The highest BCUT2D eigenvalue weighted by Gasteiger charge is 2.20. The van der Waals surface area contributed by atoms with E-state index in [4.69, 9.17) is 9.47 Å². The second kappa shape index (κ2) is 5.12. The number of para-hydroxylation sites is 1. The number of hydrogen-bond acceptors (Lipinski definition) is 3. The molecule has 0 fully saturated rings. The first-order valence-electron chi connectivity index (χ1n) is 6.08. The van der Waals surface area contributed by atoms with E-state index in [0.29, 0.717) is 18.1 Å². The van der Waals surface area contributed by atoms with Crippen molar-refractivity contribution in [2.45, 2.75) is 26.9 Å². The molecule has 0 unspecified atom stereocenters. The molecule has 1 aromatic heterocycles. The number of H-pyrrole nitrogens is 1. The van der Waals surface area contributed by atoms with Gasteiger partial charge in [-0.15, -0.1) is 0 Å². The number of fused-ring (bicyclic) bond motifs is 1. The SMILES string of the molecule is CCOC(=O)c1[nH]c2ccccc2c1OC(C)C. The van der Waals surface area contributed by atoms with Gasteiger partial charge in [-0.05, 0) is 32.9 Å². The van der Waals surface area contributed by atoms with Gasteiger partial charge in [0.1, 0.15) is 0 Å². The van der Waals surface area contributed by atoms with Crippen molar-refractivity contribution in [2.75, 3.05) is 6.61 Å². The third-order valence-corrected chi connectivity index (χ3v) is 2.49. The highest BCUT2D eigenvalue weighted by Crippen LogP contribution is 2.31. The molecule has 0 aliphatic carbocycles. The predicted octanol–water partition coefficient (Wildman–Crippen LogP) is 3.13. The van der Waals surface area contributed by atoms with Crippen LogP contribution in [0.15, 0.2) is 24.3 Å². The van der Waals surface area contributed by atoms with Crippen molar-refractivity contribution in [3.63, 3.8) is 0 Å². The van der Waals surface area contributed by atoms with Gasteiger partial charge in [-0.1, -0.05) is 12.1 Å². The largest absolute Gasteiger partial charge is 0.488 e. The van der Waals surface area contributed by atoms with Crippen molar-refractivity contribution < 1.29 is 14.3 Å². The Morgan fingerprint density at radius 3 is 2.72 bits per heavy atom. The van der Waals surface area contributed by atoms with Gasteiger partial charge >= 0.3 is 5.97 Å². The van der Waals surface area contributed by atoms with E-state index >= 15 is 0 Å². The fraction of sp³-hybridized carbons (Fsp3) is 0.357. The van der Waals surface area contributed by atoms with Crippen molar-refractivity contribution >= 4 is 16.9 Å².